The summed E-state index contributed by atoms with van der Waals surface area (Å²) in [6.45, 7) is 1.31. The summed E-state index contributed by atoms with van der Waals surface area (Å²) in [4.78, 5) is 16.5. The van der Waals surface area contributed by atoms with E-state index >= 15 is 0 Å². The first-order valence-corrected chi connectivity index (χ1v) is 10.2. The van der Waals surface area contributed by atoms with E-state index in [0.717, 1.165) is 37.0 Å². The van der Waals surface area contributed by atoms with Crippen molar-refractivity contribution in [1.82, 2.24) is 15.0 Å². The number of rotatable bonds is 4. The summed E-state index contributed by atoms with van der Waals surface area (Å²) in [6.07, 6.45) is 10.8. The Kier molecular flexibility index (Phi) is 4.18. The van der Waals surface area contributed by atoms with Crippen LogP contribution in [0.2, 0.25) is 10.0 Å². The van der Waals surface area contributed by atoms with E-state index in [-0.39, 0.29) is 5.41 Å². The Labute approximate surface area is 172 Å². The minimum absolute atomic E-state index is 0.182. The van der Waals surface area contributed by atoms with Crippen molar-refractivity contribution in [1.29, 1.82) is 0 Å². The van der Waals surface area contributed by atoms with E-state index in [1.54, 1.807) is 12.4 Å². The average molecular weight is 420 g/mol. The van der Waals surface area contributed by atoms with Gasteiger partial charge >= 0.3 is 6.09 Å². The van der Waals surface area contributed by atoms with Crippen molar-refractivity contribution in [2.75, 3.05) is 13.1 Å². The summed E-state index contributed by atoms with van der Waals surface area (Å²) in [6, 6.07) is 0. The predicted molar refractivity (Wildman–Crippen MR) is 106 cm³/mol. The second kappa shape index (κ2) is 6.49. The second-order valence-electron chi connectivity index (χ2n) is 8.23. The fourth-order valence-corrected chi connectivity index (χ4v) is 5.05. The van der Waals surface area contributed by atoms with Gasteiger partial charge in [-0.3, -0.25) is 4.98 Å². The van der Waals surface area contributed by atoms with Crippen LogP contribution in [0.4, 0.5) is 4.79 Å². The number of carboxylic acid groups (broad SMARTS) is 1. The molecule has 2 aromatic heterocycles. The van der Waals surface area contributed by atoms with E-state index in [1.807, 2.05) is 0 Å². The lowest BCUT2D eigenvalue weighted by atomic mass is 9.58. The van der Waals surface area contributed by atoms with Gasteiger partial charge in [0, 0.05) is 47.9 Å². The average Bonchev–Trinajstić information content (AvgIpc) is 3.33. The van der Waals surface area contributed by atoms with Crippen LogP contribution in [0.5, 0.6) is 0 Å². The molecule has 3 heterocycles. The van der Waals surface area contributed by atoms with E-state index in [2.05, 4.69) is 22.3 Å². The number of hydrogen-bond acceptors (Lipinski definition) is 4. The molecule has 0 aromatic carbocycles. The summed E-state index contributed by atoms with van der Waals surface area (Å²) in [5.41, 5.74) is 2.43. The highest BCUT2D eigenvalue weighted by atomic mass is 35.5. The molecule has 3 aliphatic rings. The molecule has 2 aromatic rings. The van der Waals surface area contributed by atoms with E-state index in [4.69, 9.17) is 32.8 Å². The Morgan fingerprint density at radius 2 is 1.93 bits per heavy atom. The molecular formula is C20H19Cl2N3O3. The van der Waals surface area contributed by atoms with Gasteiger partial charge in [0.15, 0.2) is 0 Å². The quantitative estimate of drug-likeness (QED) is 0.724. The second-order valence-corrected chi connectivity index (χ2v) is 9.04. The lowest BCUT2D eigenvalue weighted by Gasteiger charge is -2.57. The number of halogens is 2. The molecule has 0 bridgehead atoms. The fraction of sp³-hybridized carbons (Fsp3) is 0.450. The first kappa shape index (κ1) is 18.0. The molecule has 1 saturated heterocycles. The van der Waals surface area contributed by atoms with E-state index < -0.39 is 6.09 Å². The smallest absolute Gasteiger partial charge is 0.407 e. The molecule has 28 heavy (non-hydrogen) atoms. The maximum Gasteiger partial charge on any atom is 0.407 e. The molecule has 2 aliphatic carbocycles. The standard InChI is InChI=1S/C20H19Cl2N3O3/c21-14-7-23-8-15(22)16(14)17-13(18(28-24-17)12-2-3-12)4-1-11-5-20(6-11)9-25(10-20)19(26)27/h1,4,7-8,11-12H,2-3,5-6,9-10H2,(H,26,27). The van der Waals surface area contributed by atoms with Crippen LogP contribution in [0.25, 0.3) is 17.3 Å². The van der Waals surface area contributed by atoms with Gasteiger partial charge in [-0.25, -0.2) is 4.79 Å². The Balaban J connectivity index is 1.38. The minimum Gasteiger partial charge on any atom is -0.465 e. The Bertz CT molecular complexity index is 949. The lowest BCUT2D eigenvalue weighted by Crippen LogP contribution is -2.63. The molecule has 6 nitrogen and oxygen atoms in total. The Morgan fingerprint density at radius 3 is 2.54 bits per heavy atom. The van der Waals surface area contributed by atoms with Gasteiger partial charge in [0.1, 0.15) is 11.5 Å². The van der Waals surface area contributed by atoms with Gasteiger partial charge in [-0.05, 0) is 31.6 Å². The minimum atomic E-state index is -0.820. The van der Waals surface area contributed by atoms with Gasteiger partial charge in [0.2, 0.25) is 0 Å². The largest absolute Gasteiger partial charge is 0.465 e. The molecule has 1 N–H and O–H groups in total. The first-order chi connectivity index (χ1) is 13.5. The van der Waals surface area contributed by atoms with Crippen molar-refractivity contribution >= 4 is 35.4 Å². The van der Waals surface area contributed by atoms with Crippen molar-refractivity contribution in [2.24, 2.45) is 11.3 Å². The van der Waals surface area contributed by atoms with Gasteiger partial charge in [-0.1, -0.05) is 40.5 Å². The summed E-state index contributed by atoms with van der Waals surface area (Å²) in [5.74, 6) is 1.74. The number of likely N-dealkylation sites (tertiary alicyclic amines) is 1. The Morgan fingerprint density at radius 1 is 1.25 bits per heavy atom. The topological polar surface area (TPSA) is 79.5 Å². The highest BCUT2D eigenvalue weighted by molar-refractivity contribution is 6.39. The highest BCUT2D eigenvalue weighted by Crippen LogP contribution is 2.53. The van der Waals surface area contributed by atoms with Crippen LogP contribution in [-0.2, 0) is 0 Å². The predicted octanol–water partition coefficient (Wildman–Crippen LogP) is 5.32. The van der Waals surface area contributed by atoms with Crippen molar-refractivity contribution in [3.8, 4) is 11.3 Å². The van der Waals surface area contributed by atoms with Crippen LogP contribution >= 0.6 is 23.2 Å². The zero-order valence-corrected chi connectivity index (χ0v) is 16.6. The third-order valence-electron chi connectivity index (χ3n) is 6.04. The fourth-order valence-electron chi connectivity index (χ4n) is 4.51. The molecule has 1 aliphatic heterocycles. The lowest BCUT2D eigenvalue weighted by molar-refractivity contribution is -0.0667. The summed E-state index contributed by atoms with van der Waals surface area (Å²) in [7, 11) is 0. The molecule has 2 saturated carbocycles. The van der Waals surface area contributed by atoms with Crippen molar-refractivity contribution < 1.29 is 14.4 Å². The normalized spacial score (nSPS) is 21.1. The molecule has 146 valence electrons. The summed E-state index contributed by atoms with van der Waals surface area (Å²) < 4.78 is 5.67. The molecule has 5 rings (SSSR count). The van der Waals surface area contributed by atoms with Crippen LogP contribution in [0.3, 0.4) is 0 Å². The van der Waals surface area contributed by atoms with E-state index in [0.29, 0.717) is 46.2 Å². The van der Waals surface area contributed by atoms with Crippen LogP contribution < -0.4 is 0 Å². The van der Waals surface area contributed by atoms with Gasteiger partial charge in [-0.15, -0.1) is 0 Å². The highest BCUT2D eigenvalue weighted by Gasteiger charge is 2.53. The molecule has 0 radical (unpaired) electrons. The number of carbonyl (C=O) groups is 1. The van der Waals surface area contributed by atoms with Gasteiger partial charge in [0.25, 0.3) is 0 Å². The monoisotopic (exact) mass is 419 g/mol. The molecule has 0 atom stereocenters. The van der Waals surface area contributed by atoms with Crippen LogP contribution in [0.15, 0.2) is 23.0 Å². The number of aromatic nitrogens is 2. The molecule has 3 fully saturated rings. The van der Waals surface area contributed by atoms with E-state index in [9.17, 15) is 4.79 Å². The third-order valence-corrected chi connectivity index (χ3v) is 6.62. The molecular weight excluding hydrogens is 401 g/mol. The van der Waals surface area contributed by atoms with Crippen molar-refractivity contribution in [3.05, 3.63) is 39.8 Å². The van der Waals surface area contributed by atoms with Crippen LogP contribution in [-0.4, -0.2) is 39.3 Å². The van der Waals surface area contributed by atoms with Crippen LogP contribution in [0.1, 0.15) is 42.9 Å². The number of allylic oxidation sites excluding steroid dienone is 1. The SMILES string of the molecule is O=C(O)N1CC2(CC(C=Cc3c(-c4c(Cl)cncc4Cl)noc3C3CC3)C2)C1. The zero-order valence-electron chi connectivity index (χ0n) is 15.1. The van der Waals surface area contributed by atoms with Crippen molar-refractivity contribution in [3.63, 3.8) is 0 Å². The summed E-state index contributed by atoms with van der Waals surface area (Å²) >= 11 is 12.7. The number of pyridine rings is 1. The molecule has 1 amide bonds. The number of amides is 1. The van der Waals surface area contributed by atoms with Crippen LogP contribution in [0, 0.1) is 11.3 Å². The zero-order chi connectivity index (χ0) is 19.5. The maximum absolute atomic E-state index is 11.0. The van der Waals surface area contributed by atoms with Gasteiger partial charge in [-0.2, -0.15) is 0 Å². The maximum atomic E-state index is 11.0. The van der Waals surface area contributed by atoms with Gasteiger partial charge < -0.3 is 14.5 Å². The van der Waals surface area contributed by atoms with Gasteiger partial charge in [0.05, 0.1) is 10.0 Å². The molecule has 0 unspecified atom stereocenters. The first-order valence-electron chi connectivity index (χ1n) is 9.41. The van der Waals surface area contributed by atoms with Crippen molar-refractivity contribution in [2.45, 2.75) is 31.6 Å². The molecule has 8 heteroatoms. The molecule has 1 spiro atoms. The number of nitrogens with zero attached hydrogens (tertiary/aromatic N) is 3. The summed E-state index contributed by atoms with van der Waals surface area (Å²) in [5, 5.41) is 14.2. The Hall–Kier alpha value is -2.05. The third kappa shape index (κ3) is 2.99. The number of hydrogen-bond donors (Lipinski definition) is 1. The van der Waals surface area contributed by atoms with E-state index in [1.165, 1.54) is 4.90 Å².